The number of nitrogens with one attached hydrogen (secondary N) is 4. The highest BCUT2D eigenvalue weighted by molar-refractivity contribution is 6.58. The Bertz CT molecular complexity index is 2730. The molecule has 6 N–H and O–H groups in total. The molecule has 4 aliphatic heterocycles. The molecule has 4 aromatic heterocycles. The summed E-state index contributed by atoms with van der Waals surface area (Å²) in [6.07, 6.45) is 8.90. The molecule has 2 spiro atoms. The molecule has 0 bridgehead atoms. The van der Waals surface area contributed by atoms with E-state index in [9.17, 15) is 9.59 Å². The van der Waals surface area contributed by atoms with Crippen LogP contribution in [0.2, 0.25) is 5.15 Å². The number of halogens is 1. The van der Waals surface area contributed by atoms with E-state index in [0.717, 1.165) is 112 Å². The number of hydrogen-bond donors (Lipinski definition) is 6. The number of aryl methyl sites for hydroxylation is 2. The van der Waals surface area contributed by atoms with Gasteiger partial charge in [0.05, 0.1) is 79.9 Å². The molecular formula is C46H44BClN6O8. The second-order valence-electron chi connectivity index (χ2n) is 16.7. The van der Waals surface area contributed by atoms with Crippen LogP contribution in [0.15, 0.2) is 73.1 Å². The first kappa shape index (κ1) is 40.1. The lowest BCUT2D eigenvalue weighted by Crippen LogP contribution is -2.65. The number of aromatic nitrogens is 4. The lowest BCUT2D eigenvalue weighted by molar-refractivity contribution is -0.0714. The van der Waals surface area contributed by atoms with Crippen molar-refractivity contribution in [2.45, 2.75) is 49.6 Å². The molecule has 0 unspecified atom stereocenters. The number of ether oxygens (including phenoxy) is 4. The SMILES string of the molecule is COc1ccc(-c2cc3c(cn2)CCc2c-3[nH]c3c2C(=O)NC2(COC2)C3)cc1.COc1ccc(B(O)O)cc1.O=C1NC2(COC2)Cc2[nH]c3c(c21)CCc1cnc(Cl)cc1-3. The maximum Gasteiger partial charge on any atom is 0.488 e. The van der Waals surface area contributed by atoms with Crippen LogP contribution in [0.3, 0.4) is 0 Å². The molecule has 6 aromatic rings. The third-order valence-corrected chi connectivity index (χ3v) is 12.9. The van der Waals surface area contributed by atoms with Gasteiger partial charge < -0.3 is 49.6 Å². The fourth-order valence-corrected chi connectivity index (χ4v) is 9.56. The van der Waals surface area contributed by atoms with Gasteiger partial charge in [-0.15, -0.1) is 0 Å². The third kappa shape index (κ3) is 7.13. The number of nitrogens with zero attached hydrogens (tertiary/aromatic N) is 2. The van der Waals surface area contributed by atoms with Gasteiger partial charge in [-0.05, 0) is 102 Å². The highest BCUT2D eigenvalue weighted by atomic mass is 35.5. The second kappa shape index (κ2) is 15.7. The van der Waals surface area contributed by atoms with Crippen LogP contribution < -0.4 is 25.6 Å². The van der Waals surface area contributed by atoms with Crippen molar-refractivity contribution in [2.24, 2.45) is 0 Å². The van der Waals surface area contributed by atoms with E-state index in [1.54, 1.807) is 38.5 Å². The number of benzene rings is 2. The first-order chi connectivity index (χ1) is 30.0. The number of rotatable bonds is 4. The number of H-pyrrole nitrogens is 2. The van der Waals surface area contributed by atoms with Gasteiger partial charge in [0, 0.05) is 53.3 Å². The zero-order valence-corrected chi connectivity index (χ0v) is 34.9. The molecule has 2 amide bonds. The van der Waals surface area contributed by atoms with Gasteiger partial charge in [0.2, 0.25) is 0 Å². The summed E-state index contributed by atoms with van der Waals surface area (Å²) in [6.45, 7) is 2.36. The predicted molar refractivity (Wildman–Crippen MR) is 232 cm³/mol. The minimum Gasteiger partial charge on any atom is -0.497 e. The molecule has 16 heteroatoms. The summed E-state index contributed by atoms with van der Waals surface area (Å²) >= 11 is 6.05. The van der Waals surface area contributed by atoms with Gasteiger partial charge in [-0.1, -0.05) is 23.7 Å². The first-order valence-electron chi connectivity index (χ1n) is 20.6. The molecule has 0 saturated carbocycles. The van der Waals surface area contributed by atoms with Gasteiger partial charge in [0.1, 0.15) is 16.7 Å². The number of amides is 2. The fraction of sp³-hybridized carbons (Fsp3) is 0.304. The Kier molecular flexibility index (Phi) is 10.2. The quantitative estimate of drug-likeness (QED) is 0.111. The average Bonchev–Trinajstić information content (AvgIpc) is 3.85. The summed E-state index contributed by atoms with van der Waals surface area (Å²) in [5, 5.41) is 24.2. The number of pyridine rings is 2. The molecule has 0 atom stereocenters. The van der Waals surface area contributed by atoms with E-state index in [1.807, 2.05) is 42.7 Å². The Morgan fingerprint density at radius 2 is 1.16 bits per heavy atom. The Labute approximate surface area is 362 Å². The maximum atomic E-state index is 12.9. The molecule has 316 valence electrons. The molecule has 2 fully saturated rings. The summed E-state index contributed by atoms with van der Waals surface area (Å²) in [7, 11) is 1.82. The summed E-state index contributed by atoms with van der Waals surface area (Å²) in [6, 6.07) is 18.5. The average molecular weight is 855 g/mol. The number of carbonyl (C=O) groups is 2. The number of aromatic amines is 2. The Hall–Kier alpha value is -5.97. The van der Waals surface area contributed by atoms with Crippen LogP contribution in [0.5, 0.6) is 11.5 Å². The molecule has 8 heterocycles. The maximum absolute atomic E-state index is 12.9. The fourth-order valence-electron chi connectivity index (χ4n) is 9.40. The van der Waals surface area contributed by atoms with Crippen molar-refractivity contribution < 1.29 is 38.6 Å². The van der Waals surface area contributed by atoms with Crippen LogP contribution in [0.4, 0.5) is 0 Å². The van der Waals surface area contributed by atoms with Gasteiger partial charge >= 0.3 is 7.12 Å². The van der Waals surface area contributed by atoms with Crippen molar-refractivity contribution in [3.05, 3.63) is 123 Å². The standard InChI is InChI=1S/C23H21N3O3.C16H14ClN3O2.C7H9BO3/c1-28-15-5-2-13(3-6-15)18-8-17-14(10-24-18)4-7-16-20-19(25-21(16)17)9-23(11-29-12-23)26-22(20)27;17-12-3-10-8(5-18-12)1-2-9-13-11(19-14(9)10)4-16(6-22-7-16)20-15(13)21;1-11-7-4-2-6(3-5-7)8(9)10/h2-3,5-6,8,10,25H,4,7,9,11-12H2,1H3,(H,26,27);3,5,19H,1-2,4,6-7H2,(H,20,21);2-5,9-10H,1H3. The summed E-state index contributed by atoms with van der Waals surface area (Å²) < 4.78 is 20.8. The van der Waals surface area contributed by atoms with Crippen molar-refractivity contribution in [1.29, 1.82) is 0 Å². The molecule has 0 radical (unpaired) electrons. The molecule has 6 aliphatic rings. The van der Waals surface area contributed by atoms with Crippen molar-refractivity contribution in [1.82, 2.24) is 30.6 Å². The van der Waals surface area contributed by atoms with Crippen LogP contribution in [0, 0.1) is 0 Å². The lowest BCUT2D eigenvalue weighted by Gasteiger charge is -2.44. The highest BCUT2D eigenvalue weighted by Crippen LogP contribution is 2.42. The van der Waals surface area contributed by atoms with E-state index in [2.05, 4.69) is 36.6 Å². The van der Waals surface area contributed by atoms with E-state index in [-0.39, 0.29) is 22.9 Å². The van der Waals surface area contributed by atoms with Gasteiger partial charge in [-0.25, -0.2) is 4.98 Å². The topological polar surface area (TPSA) is 193 Å². The minimum atomic E-state index is -1.40. The Morgan fingerprint density at radius 3 is 1.63 bits per heavy atom. The lowest BCUT2D eigenvalue weighted by atomic mass is 9.80. The molecule has 12 rings (SSSR count). The van der Waals surface area contributed by atoms with Gasteiger partial charge in [0.25, 0.3) is 11.8 Å². The normalized spacial score (nSPS) is 17.6. The molecular weight excluding hydrogens is 811 g/mol. The van der Waals surface area contributed by atoms with Crippen molar-refractivity contribution in [2.75, 3.05) is 40.6 Å². The monoisotopic (exact) mass is 854 g/mol. The highest BCUT2D eigenvalue weighted by Gasteiger charge is 2.47. The molecule has 2 aromatic carbocycles. The molecule has 14 nitrogen and oxygen atoms in total. The number of fused-ring (bicyclic) bond motifs is 10. The summed E-state index contributed by atoms with van der Waals surface area (Å²) in [5.41, 5.74) is 14.7. The van der Waals surface area contributed by atoms with Crippen molar-refractivity contribution >= 4 is 36.0 Å². The van der Waals surface area contributed by atoms with Crippen LogP contribution in [-0.2, 0) is 48.0 Å². The molecule has 2 saturated heterocycles. The summed E-state index contributed by atoms with van der Waals surface area (Å²) in [4.78, 5) is 41.4. The van der Waals surface area contributed by atoms with E-state index < -0.39 is 7.12 Å². The molecule has 2 aliphatic carbocycles. The number of hydrogen-bond acceptors (Lipinski definition) is 10. The molecule has 62 heavy (non-hydrogen) atoms. The van der Waals surface area contributed by atoms with Crippen LogP contribution in [0.1, 0.15) is 54.4 Å². The second-order valence-corrected chi connectivity index (χ2v) is 17.1. The van der Waals surface area contributed by atoms with Gasteiger partial charge in [-0.2, -0.15) is 0 Å². The van der Waals surface area contributed by atoms with Gasteiger partial charge in [-0.3, -0.25) is 14.6 Å². The number of carbonyl (C=O) groups excluding carboxylic acids is 2. The third-order valence-electron chi connectivity index (χ3n) is 12.7. The van der Waals surface area contributed by atoms with Crippen LogP contribution >= 0.6 is 11.6 Å². The van der Waals surface area contributed by atoms with Crippen molar-refractivity contribution in [3.8, 4) is 45.3 Å². The zero-order valence-electron chi connectivity index (χ0n) is 34.2. The minimum absolute atomic E-state index is 0.0191. The Morgan fingerprint density at radius 1 is 0.677 bits per heavy atom. The first-order valence-corrected chi connectivity index (χ1v) is 21.0. The van der Waals surface area contributed by atoms with E-state index in [1.165, 1.54) is 11.1 Å². The van der Waals surface area contributed by atoms with E-state index >= 15 is 0 Å². The van der Waals surface area contributed by atoms with Crippen LogP contribution in [-0.4, -0.2) is 101 Å². The van der Waals surface area contributed by atoms with Crippen LogP contribution in [0.25, 0.3) is 33.8 Å². The Balaban J connectivity index is 0.000000122. The number of methoxy groups -OCH3 is 2. The van der Waals surface area contributed by atoms with Crippen molar-refractivity contribution in [3.63, 3.8) is 0 Å². The van der Waals surface area contributed by atoms with Gasteiger partial charge in [0.15, 0.2) is 0 Å². The smallest absolute Gasteiger partial charge is 0.488 e. The largest absolute Gasteiger partial charge is 0.497 e. The van der Waals surface area contributed by atoms with E-state index in [4.69, 9.17) is 40.6 Å². The predicted octanol–water partition coefficient (Wildman–Crippen LogP) is 4.16. The summed E-state index contributed by atoms with van der Waals surface area (Å²) in [5.74, 6) is 1.57. The zero-order chi connectivity index (χ0) is 42.8. The van der Waals surface area contributed by atoms with E-state index in [0.29, 0.717) is 42.8 Å².